The number of rotatable bonds is 4. The Balaban J connectivity index is 1.54. The fourth-order valence-electron chi connectivity index (χ4n) is 3.35. The molecule has 0 saturated carbocycles. The molecule has 1 fully saturated rings. The summed E-state index contributed by atoms with van der Waals surface area (Å²) >= 11 is 0. The van der Waals surface area contributed by atoms with E-state index < -0.39 is 10.0 Å². The summed E-state index contributed by atoms with van der Waals surface area (Å²) in [7, 11) is -3.58. The Labute approximate surface area is 162 Å². The second-order valence-electron chi connectivity index (χ2n) is 7.00. The van der Waals surface area contributed by atoms with Crippen LogP contribution in [-0.4, -0.2) is 53.6 Å². The summed E-state index contributed by atoms with van der Waals surface area (Å²) in [5.41, 5.74) is 1.50. The van der Waals surface area contributed by atoms with Crippen LogP contribution in [0.3, 0.4) is 0 Å². The predicted molar refractivity (Wildman–Crippen MR) is 104 cm³/mol. The van der Waals surface area contributed by atoms with Crippen molar-refractivity contribution in [3.63, 3.8) is 0 Å². The number of benzene rings is 1. The molecule has 1 saturated heterocycles. The standard InChI is InChI=1S/C18H21N5O4S/c1-13(2)23-12-19-17-9-14(3-4-16(17)18(23)24)21-5-7-22(8-6-21)28(25,26)15-10-20-27-11-15/h3-4,9-13H,5-8H2,1-2H3. The van der Waals surface area contributed by atoms with Gasteiger partial charge >= 0.3 is 0 Å². The third-order valence-corrected chi connectivity index (χ3v) is 6.82. The highest BCUT2D eigenvalue weighted by Gasteiger charge is 2.29. The van der Waals surface area contributed by atoms with Crippen LogP contribution in [0.4, 0.5) is 5.69 Å². The van der Waals surface area contributed by atoms with E-state index in [2.05, 4.69) is 19.6 Å². The maximum Gasteiger partial charge on any atom is 0.261 e. The highest BCUT2D eigenvalue weighted by atomic mass is 32.2. The maximum absolute atomic E-state index is 12.6. The molecule has 9 nitrogen and oxygen atoms in total. The largest absolute Gasteiger partial charge is 0.369 e. The summed E-state index contributed by atoms with van der Waals surface area (Å²) in [5, 5.41) is 4.05. The SMILES string of the molecule is CC(C)n1cnc2cc(N3CCN(S(=O)(=O)c4cnoc4)CC3)ccc2c1=O. The lowest BCUT2D eigenvalue weighted by atomic mass is 10.2. The Morgan fingerprint density at radius 1 is 1.14 bits per heavy atom. The van der Waals surface area contributed by atoms with Gasteiger partial charge in [0.2, 0.25) is 10.0 Å². The summed E-state index contributed by atoms with van der Waals surface area (Å²) in [5.74, 6) is 0. The molecular weight excluding hydrogens is 382 g/mol. The Bertz CT molecular complexity index is 1150. The van der Waals surface area contributed by atoms with Crippen LogP contribution in [0.2, 0.25) is 0 Å². The van der Waals surface area contributed by atoms with Crippen molar-refractivity contribution in [2.24, 2.45) is 0 Å². The Morgan fingerprint density at radius 3 is 2.54 bits per heavy atom. The van der Waals surface area contributed by atoms with Crippen molar-refractivity contribution in [2.75, 3.05) is 31.1 Å². The van der Waals surface area contributed by atoms with Gasteiger partial charge in [-0.1, -0.05) is 5.16 Å². The summed E-state index contributed by atoms with van der Waals surface area (Å²) in [6.45, 7) is 5.67. The minimum absolute atomic E-state index is 0.0459. The van der Waals surface area contributed by atoms with Gasteiger partial charge in [0.15, 0.2) is 0 Å². The number of hydrogen-bond acceptors (Lipinski definition) is 7. The van der Waals surface area contributed by atoms with E-state index in [1.54, 1.807) is 17.0 Å². The number of nitrogens with zero attached hydrogens (tertiary/aromatic N) is 5. The summed E-state index contributed by atoms with van der Waals surface area (Å²) < 4.78 is 32.8. The lowest BCUT2D eigenvalue weighted by molar-refractivity contribution is 0.383. The topological polar surface area (TPSA) is 102 Å². The van der Waals surface area contributed by atoms with E-state index in [9.17, 15) is 13.2 Å². The average Bonchev–Trinajstić information content (AvgIpc) is 3.23. The first-order chi connectivity index (χ1) is 13.4. The van der Waals surface area contributed by atoms with Crippen molar-refractivity contribution in [1.82, 2.24) is 19.0 Å². The highest BCUT2D eigenvalue weighted by molar-refractivity contribution is 7.89. The molecule has 148 valence electrons. The lowest BCUT2D eigenvalue weighted by Crippen LogP contribution is -2.48. The van der Waals surface area contributed by atoms with Crippen LogP contribution in [0.5, 0.6) is 0 Å². The summed E-state index contributed by atoms with van der Waals surface area (Å²) in [6.07, 6.45) is 3.92. The molecule has 10 heteroatoms. The average molecular weight is 403 g/mol. The van der Waals surface area contributed by atoms with Gasteiger partial charge in [-0.2, -0.15) is 4.31 Å². The van der Waals surface area contributed by atoms with E-state index in [1.165, 1.54) is 10.5 Å². The smallest absolute Gasteiger partial charge is 0.261 e. The number of anilines is 1. The molecule has 4 rings (SSSR count). The van der Waals surface area contributed by atoms with Crippen molar-refractivity contribution < 1.29 is 12.9 Å². The molecule has 1 aliphatic rings. The molecule has 1 aromatic carbocycles. The molecule has 0 unspecified atom stereocenters. The molecule has 0 bridgehead atoms. The van der Waals surface area contributed by atoms with Crippen molar-refractivity contribution in [3.8, 4) is 0 Å². The molecule has 0 N–H and O–H groups in total. The third-order valence-electron chi connectivity index (χ3n) is 4.98. The predicted octanol–water partition coefficient (Wildman–Crippen LogP) is 1.48. The monoisotopic (exact) mass is 403 g/mol. The van der Waals surface area contributed by atoms with Crippen LogP contribution in [0.1, 0.15) is 19.9 Å². The maximum atomic E-state index is 12.6. The van der Waals surface area contributed by atoms with Crippen molar-refractivity contribution in [2.45, 2.75) is 24.8 Å². The summed E-state index contributed by atoms with van der Waals surface area (Å²) in [4.78, 5) is 19.1. The summed E-state index contributed by atoms with van der Waals surface area (Å²) in [6, 6.07) is 5.61. The lowest BCUT2D eigenvalue weighted by Gasteiger charge is -2.35. The van der Waals surface area contributed by atoms with Gasteiger partial charge in [0, 0.05) is 37.9 Å². The van der Waals surface area contributed by atoms with Crippen LogP contribution >= 0.6 is 0 Å². The second kappa shape index (κ2) is 7.02. The van der Waals surface area contributed by atoms with E-state index in [-0.39, 0.29) is 16.5 Å². The molecule has 2 aromatic heterocycles. The number of sulfonamides is 1. The molecule has 0 spiro atoms. The van der Waals surface area contributed by atoms with Gasteiger partial charge in [-0.05, 0) is 32.0 Å². The van der Waals surface area contributed by atoms with Crippen molar-refractivity contribution in [1.29, 1.82) is 0 Å². The van der Waals surface area contributed by atoms with E-state index in [0.29, 0.717) is 37.1 Å². The van der Waals surface area contributed by atoms with E-state index in [0.717, 1.165) is 12.0 Å². The molecule has 28 heavy (non-hydrogen) atoms. The third kappa shape index (κ3) is 3.18. The molecule has 3 aromatic rings. The fraction of sp³-hybridized carbons (Fsp3) is 0.389. The van der Waals surface area contributed by atoms with Crippen LogP contribution in [0, 0.1) is 0 Å². The van der Waals surface area contributed by atoms with E-state index >= 15 is 0 Å². The van der Waals surface area contributed by atoms with Gasteiger partial charge in [0.05, 0.1) is 23.4 Å². The van der Waals surface area contributed by atoms with Gasteiger partial charge in [-0.15, -0.1) is 0 Å². The number of piperazine rings is 1. The zero-order valence-corrected chi connectivity index (χ0v) is 16.5. The Kier molecular flexibility index (Phi) is 4.68. The molecule has 0 amide bonds. The minimum Gasteiger partial charge on any atom is -0.369 e. The Hall–Kier alpha value is -2.72. The minimum atomic E-state index is -3.58. The van der Waals surface area contributed by atoms with Crippen LogP contribution in [0.25, 0.3) is 10.9 Å². The van der Waals surface area contributed by atoms with Crippen LogP contribution in [0.15, 0.2) is 51.2 Å². The van der Waals surface area contributed by atoms with Crippen molar-refractivity contribution >= 4 is 26.6 Å². The first-order valence-electron chi connectivity index (χ1n) is 9.03. The zero-order valence-electron chi connectivity index (χ0n) is 15.6. The normalized spacial score (nSPS) is 16.2. The highest BCUT2D eigenvalue weighted by Crippen LogP contribution is 2.23. The molecule has 1 aliphatic heterocycles. The van der Waals surface area contributed by atoms with Crippen molar-refractivity contribution in [3.05, 3.63) is 47.3 Å². The first-order valence-corrected chi connectivity index (χ1v) is 10.5. The number of hydrogen-bond donors (Lipinski definition) is 0. The van der Waals surface area contributed by atoms with Crippen LogP contribution in [-0.2, 0) is 10.0 Å². The van der Waals surface area contributed by atoms with Gasteiger partial charge < -0.3 is 9.42 Å². The Morgan fingerprint density at radius 2 is 1.89 bits per heavy atom. The van der Waals surface area contributed by atoms with Crippen LogP contribution < -0.4 is 10.5 Å². The van der Waals surface area contributed by atoms with Gasteiger partial charge in [-0.25, -0.2) is 13.4 Å². The number of fused-ring (bicyclic) bond motifs is 1. The van der Waals surface area contributed by atoms with E-state index in [4.69, 9.17) is 0 Å². The molecule has 0 aliphatic carbocycles. The van der Waals surface area contributed by atoms with Gasteiger partial charge in [0.1, 0.15) is 11.2 Å². The zero-order chi connectivity index (χ0) is 19.9. The fourth-order valence-corrected chi connectivity index (χ4v) is 4.63. The van der Waals surface area contributed by atoms with E-state index in [1.807, 2.05) is 26.0 Å². The second-order valence-corrected chi connectivity index (χ2v) is 8.94. The molecule has 0 radical (unpaired) electrons. The quantitative estimate of drug-likeness (QED) is 0.650. The first kappa shape index (κ1) is 18.6. The van der Waals surface area contributed by atoms with Gasteiger partial charge in [-0.3, -0.25) is 9.36 Å². The van der Waals surface area contributed by atoms with Gasteiger partial charge in [0.25, 0.3) is 5.56 Å². The molecule has 0 atom stereocenters. The molecular formula is C18H21N5O4S. The molecule has 3 heterocycles. The number of aromatic nitrogens is 3.